The Labute approximate surface area is 98.6 Å². The zero-order valence-electron chi connectivity index (χ0n) is 9.30. The Balaban J connectivity index is 1.65. The van der Waals surface area contributed by atoms with Crippen LogP contribution in [0.5, 0.6) is 5.75 Å². The third-order valence-electron chi connectivity index (χ3n) is 2.70. The van der Waals surface area contributed by atoms with E-state index >= 15 is 0 Å². The Bertz CT molecular complexity index is 520. The number of nitrogens with zero attached hydrogens (tertiary/aromatic N) is 2. The zero-order chi connectivity index (χ0) is 11.7. The van der Waals surface area contributed by atoms with E-state index in [1.54, 1.807) is 6.07 Å². The predicted octanol–water partition coefficient (Wildman–Crippen LogP) is 2.11. The third kappa shape index (κ3) is 2.22. The molecule has 0 aliphatic heterocycles. The van der Waals surface area contributed by atoms with E-state index in [4.69, 9.17) is 15.0 Å². The van der Waals surface area contributed by atoms with Crippen LogP contribution in [-0.4, -0.2) is 10.1 Å². The topological polar surface area (TPSA) is 74.2 Å². The highest BCUT2D eigenvalue weighted by atomic mass is 16.5. The lowest BCUT2D eigenvalue weighted by Crippen LogP contribution is -1.98. The van der Waals surface area contributed by atoms with Crippen LogP contribution in [0.3, 0.4) is 0 Å². The Morgan fingerprint density at radius 2 is 2.18 bits per heavy atom. The maximum absolute atomic E-state index is 5.76. The molecule has 0 radical (unpaired) electrons. The predicted molar refractivity (Wildman–Crippen MR) is 61.5 cm³/mol. The maximum atomic E-state index is 5.76. The Morgan fingerprint density at radius 3 is 2.94 bits per heavy atom. The van der Waals surface area contributed by atoms with Crippen molar-refractivity contribution in [2.45, 2.75) is 25.4 Å². The van der Waals surface area contributed by atoms with Crippen molar-refractivity contribution in [1.29, 1.82) is 0 Å². The Kier molecular flexibility index (Phi) is 2.44. The van der Waals surface area contributed by atoms with Crippen LogP contribution in [0.1, 0.15) is 30.5 Å². The molecule has 88 valence electrons. The first-order valence-electron chi connectivity index (χ1n) is 5.63. The second-order valence-corrected chi connectivity index (χ2v) is 4.15. The second kappa shape index (κ2) is 4.08. The Morgan fingerprint density at radius 1 is 1.35 bits per heavy atom. The van der Waals surface area contributed by atoms with Crippen LogP contribution in [-0.2, 0) is 6.61 Å². The molecular weight excluding hydrogens is 218 g/mol. The molecule has 5 heteroatoms. The van der Waals surface area contributed by atoms with Gasteiger partial charge in [0.2, 0.25) is 0 Å². The van der Waals surface area contributed by atoms with Crippen molar-refractivity contribution in [3.8, 4) is 5.75 Å². The van der Waals surface area contributed by atoms with E-state index in [1.165, 1.54) is 0 Å². The summed E-state index contributed by atoms with van der Waals surface area (Å²) in [5.41, 5.74) is 6.36. The summed E-state index contributed by atoms with van der Waals surface area (Å²) in [6.07, 6.45) is 2.32. The molecule has 0 amide bonds. The van der Waals surface area contributed by atoms with Crippen molar-refractivity contribution in [3.05, 3.63) is 36.0 Å². The molecule has 1 aromatic carbocycles. The molecule has 1 aliphatic rings. The molecular formula is C12H13N3O2. The monoisotopic (exact) mass is 231 g/mol. The first kappa shape index (κ1) is 10.1. The Hall–Kier alpha value is -2.04. The van der Waals surface area contributed by atoms with Crippen molar-refractivity contribution in [3.63, 3.8) is 0 Å². The van der Waals surface area contributed by atoms with Crippen LogP contribution in [0.25, 0.3) is 0 Å². The summed E-state index contributed by atoms with van der Waals surface area (Å²) in [5, 5.41) is 3.92. The molecule has 1 aromatic heterocycles. The lowest BCUT2D eigenvalue weighted by Gasteiger charge is -2.05. The highest BCUT2D eigenvalue weighted by molar-refractivity contribution is 5.51. The molecule has 1 aliphatic carbocycles. The third-order valence-corrected chi connectivity index (χ3v) is 2.70. The molecule has 1 heterocycles. The van der Waals surface area contributed by atoms with Gasteiger partial charge in [0.25, 0.3) is 5.89 Å². The molecule has 2 N–H and O–H groups in total. The van der Waals surface area contributed by atoms with Crippen molar-refractivity contribution in [2.24, 2.45) is 0 Å². The molecule has 2 aromatic rings. The van der Waals surface area contributed by atoms with Crippen molar-refractivity contribution < 1.29 is 9.26 Å². The number of benzene rings is 1. The van der Waals surface area contributed by atoms with Gasteiger partial charge in [-0.1, -0.05) is 17.3 Å². The first-order chi connectivity index (χ1) is 8.33. The van der Waals surface area contributed by atoms with E-state index in [2.05, 4.69) is 10.1 Å². The number of anilines is 1. The average molecular weight is 231 g/mol. The van der Waals surface area contributed by atoms with Gasteiger partial charge in [0.1, 0.15) is 5.75 Å². The number of nitrogens with two attached hydrogens (primary N) is 1. The zero-order valence-corrected chi connectivity index (χ0v) is 9.30. The van der Waals surface area contributed by atoms with Gasteiger partial charge in [-0.2, -0.15) is 4.98 Å². The number of para-hydroxylation sites is 2. The minimum absolute atomic E-state index is 0.258. The van der Waals surface area contributed by atoms with Crippen molar-refractivity contribution in [2.75, 3.05) is 5.73 Å². The first-order valence-corrected chi connectivity index (χ1v) is 5.63. The SMILES string of the molecule is Nc1ccccc1OCc1nc(C2CC2)no1. The number of ether oxygens (including phenoxy) is 1. The van der Waals surface area contributed by atoms with Gasteiger partial charge >= 0.3 is 0 Å². The van der Waals surface area contributed by atoms with Crippen molar-refractivity contribution >= 4 is 5.69 Å². The van der Waals surface area contributed by atoms with Crippen LogP contribution in [0, 0.1) is 0 Å². The van der Waals surface area contributed by atoms with E-state index in [0.717, 1.165) is 18.7 Å². The molecule has 0 atom stereocenters. The van der Waals surface area contributed by atoms with Gasteiger partial charge in [0.05, 0.1) is 5.69 Å². The fraction of sp³-hybridized carbons (Fsp3) is 0.333. The lowest BCUT2D eigenvalue weighted by atomic mass is 10.3. The number of rotatable bonds is 4. The highest BCUT2D eigenvalue weighted by Crippen LogP contribution is 2.38. The maximum Gasteiger partial charge on any atom is 0.264 e. The summed E-state index contributed by atoms with van der Waals surface area (Å²) in [7, 11) is 0. The van der Waals surface area contributed by atoms with Crippen molar-refractivity contribution in [1.82, 2.24) is 10.1 Å². The van der Waals surface area contributed by atoms with Gasteiger partial charge in [0.15, 0.2) is 12.4 Å². The molecule has 1 saturated carbocycles. The fourth-order valence-electron chi connectivity index (χ4n) is 1.59. The lowest BCUT2D eigenvalue weighted by molar-refractivity contribution is 0.243. The molecule has 3 rings (SSSR count). The average Bonchev–Trinajstić information content (AvgIpc) is 3.08. The second-order valence-electron chi connectivity index (χ2n) is 4.15. The summed E-state index contributed by atoms with van der Waals surface area (Å²) < 4.78 is 10.6. The van der Waals surface area contributed by atoms with E-state index in [9.17, 15) is 0 Å². The summed E-state index contributed by atoms with van der Waals surface area (Å²) in [6, 6.07) is 7.33. The molecule has 0 spiro atoms. The normalized spacial score (nSPS) is 14.8. The quantitative estimate of drug-likeness (QED) is 0.816. The van der Waals surface area contributed by atoms with Gasteiger partial charge in [0, 0.05) is 5.92 Å². The minimum atomic E-state index is 0.258. The smallest absolute Gasteiger partial charge is 0.264 e. The molecule has 0 saturated heterocycles. The number of hydrogen-bond acceptors (Lipinski definition) is 5. The van der Waals surface area contributed by atoms with Gasteiger partial charge in [-0.05, 0) is 25.0 Å². The fourth-order valence-corrected chi connectivity index (χ4v) is 1.59. The number of hydrogen-bond donors (Lipinski definition) is 1. The van der Waals surface area contributed by atoms with Gasteiger partial charge < -0.3 is 15.0 Å². The molecule has 0 bridgehead atoms. The minimum Gasteiger partial charge on any atom is -0.482 e. The van der Waals surface area contributed by atoms with Crippen LogP contribution < -0.4 is 10.5 Å². The van der Waals surface area contributed by atoms with Gasteiger partial charge in [-0.25, -0.2) is 0 Å². The molecule has 17 heavy (non-hydrogen) atoms. The standard InChI is InChI=1S/C12H13N3O2/c13-9-3-1-2-4-10(9)16-7-11-14-12(15-17-11)8-5-6-8/h1-4,8H,5-7,13H2. The summed E-state index contributed by atoms with van der Waals surface area (Å²) >= 11 is 0. The van der Waals surface area contributed by atoms with E-state index < -0.39 is 0 Å². The number of aromatic nitrogens is 2. The summed E-state index contributed by atoms with van der Waals surface area (Å²) in [5.74, 6) is 2.42. The van der Waals surface area contributed by atoms with E-state index in [0.29, 0.717) is 23.2 Å². The van der Waals surface area contributed by atoms with Crippen LogP contribution in [0.2, 0.25) is 0 Å². The molecule has 0 unspecified atom stereocenters. The van der Waals surface area contributed by atoms with E-state index in [1.807, 2.05) is 18.2 Å². The summed E-state index contributed by atoms with van der Waals surface area (Å²) in [6.45, 7) is 0.258. The van der Waals surface area contributed by atoms with Crippen LogP contribution in [0.15, 0.2) is 28.8 Å². The van der Waals surface area contributed by atoms with Gasteiger partial charge in [-0.3, -0.25) is 0 Å². The highest BCUT2D eigenvalue weighted by Gasteiger charge is 2.28. The van der Waals surface area contributed by atoms with E-state index in [-0.39, 0.29) is 6.61 Å². The largest absolute Gasteiger partial charge is 0.482 e. The number of nitrogen functional groups attached to an aromatic ring is 1. The summed E-state index contributed by atoms with van der Waals surface area (Å²) in [4.78, 5) is 4.27. The van der Waals surface area contributed by atoms with Crippen LogP contribution >= 0.6 is 0 Å². The molecule has 5 nitrogen and oxygen atoms in total. The molecule has 1 fully saturated rings. The van der Waals surface area contributed by atoms with Gasteiger partial charge in [-0.15, -0.1) is 0 Å². The van der Waals surface area contributed by atoms with Crippen LogP contribution in [0.4, 0.5) is 5.69 Å².